The predicted molar refractivity (Wildman–Crippen MR) is 136 cm³/mol. The van der Waals surface area contributed by atoms with Crippen LogP contribution in [0.25, 0.3) is 22.3 Å². The summed E-state index contributed by atoms with van der Waals surface area (Å²) in [4.78, 5) is 30.6. The van der Waals surface area contributed by atoms with Crippen molar-refractivity contribution in [3.63, 3.8) is 0 Å². The Morgan fingerprint density at radius 3 is 2.72 bits per heavy atom. The second-order valence-corrected chi connectivity index (χ2v) is 8.71. The zero-order valence-electron chi connectivity index (χ0n) is 19.3. The number of nitrogens with zero attached hydrogens (tertiary/aromatic N) is 3. The number of para-hydroxylation sites is 1. The van der Waals surface area contributed by atoms with Crippen LogP contribution in [0.3, 0.4) is 0 Å². The third kappa shape index (κ3) is 4.02. The fourth-order valence-corrected chi connectivity index (χ4v) is 4.65. The molecular weight excluding hydrogens is 454 g/mol. The molecule has 0 spiro atoms. The average molecular weight is 478 g/mol. The van der Waals surface area contributed by atoms with Crippen LogP contribution in [-0.4, -0.2) is 33.1 Å². The van der Waals surface area contributed by atoms with Gasteiger partial charge < -0.3 is 15.1 Å². The number of carbonyl (C=O) groups is 2. The summed E-state index contributed by atoms with van der Waals surface area (Å²) in [6, 6.07) is 22.9. The third-order valence-electron chi connectivity index (χ3n) is 6.44. The maximum Gasteiger partial charge on any atom is 0.252 e. The van der Waals surface area contributed by atoms with Crippen LogP contribution in [-0.2, 0) is 11.3 Å². The van der Waals surface area contributed by atoms with Gasteiger partial charge in [0.1, 0.15) is 12.3 Å². The molecule has 6 rings (SSSR count). The van der Waals surface area contributed by atoms with Crippen molar-refractivity contribution in [3.8, 4) is 11.3 Å². The molecule has 2 aromatic carbocycles. The van der Waals surface area contributed by atoms with Crippen LogP contribution in [0.5, 0.6) is 0 Å². The second-order valence-electron chi connectivity index (χ2n) is 8.71. The Bertz CT molecular complexity index is 1560. The molecule has 0 saturated carbocycles. The van der Waals surface area contributed by atoms with E-state index in [9.17, 15) is 9.59 Å². The van der Waals surface area contributed by atoms with E-state index in [1.165, 1.54) is 0 Å². The maximum atomic E-state index is 13.4. The number of hydrogen-bond donors (Lipinski definition) is 2. The Morgan fingerprint density at radius 1 is 1.06 bits per heavy atom. The molecule has 2 amide bonds. The van der Waals surface area contributed by atoms with E-state index in [0.29, 0.717) is 41.8 Å². The Hall–Kier alpha value is -4.72. The van der Waals surface area contributed by atoms with Crippen molar-refractivity contribution in [2.24, 2.45) is 0 Å². The summed E-state index contributed by atoms with van der Waals surface area (Å²) in [5.74, 6) is 0.189. The lowest BCUT2D eigenvalue weighted by Crippen LogP contribution is -2.27. The van der Waals surface area contributed by atoms with Crippen LogP contribution in [0.1, 0.15) is 34.0 Å². The number of amides is 2. The summed E-state index contributed by atoms with van der Waals surface area (Å²) in [7, 11) is 0. The summed E-state index contributed by atoms with van der Waals surface area (Å²) in [5, 5.41) is 11.1. The Labute approximate surface area is 207 Å². The maximum absolute atomic E-state index is 13.4. The summed E-state index contributed by atoms with van der Waals surface area (Å²) >= 11 is 0. The second kappa shape index (κ2) is 9.14. The lowest BCUT2D eigenvalue weighted by molar-refractivity contribution is -0.117. The molecule has 1 aliphatic heterocycles. The van der Waals surface area contributed by atoms with E-state index in [-0.39, 0.29) is 17.7 Å². The number of anilines is 1. The lowest BCUT2D eigenvalue weighted by atomic mass is 9.97. The van der Waals surface area contributed by atoms with Crippen molar-refractivity contribution >= 4 is 28.5 Å². The van der Waals surface area contributed by atoms with Crippen LogP contribution in [0.4, 0.5) is 5.69 Å². The van der Waals surface area contributed by atoms with E-state index in [0.717, 1.165) is 22.6 Å². The fraction of sp³-hybridized carbons (Fsp3) is 0.143. The van der Waals surface area contributed by atoms with Crippen molar-refractivity contribution in [2.45, 2.75) is 18.9 Å². The molecular formula is C28H23N5O3. The average Bonchev–Trinajstić information content (AvgIpc) is 3.64. The number of fused-ring (bicyclic) bond motifs is 2. The summed E-state index contributed by atoms with van der Waals surface area (Å²) in [6.07, 6.45) is 3.79. The van der Waals surface area contributed by atoms with E-state index in [4.69, 9.17) is 9.40 Å². The molecule has 0 aliphatic carbocycles. The van der Waals surface area contributed by atoms with Gasteiger partial charge in [-0.25, -0.2) is 9.67 Å². The number of nitrogens with one attached hydrogen (secondary N) is 2. The molecule has 8 nitrogen and oxygen atoms in total. The SMILES string of the molecule is O=C(NCCC1C(=O)Nc2ccccc21)c1cc(-c2ccccc2)nc2c1cnn2Cc1ccco1. The van der Waals surface area contributed by atoms with Crippen molar-refractivity contribution in [1.82, 2.24) is 20.1 Å². The summed E-state index contributed by atoms with van der Waals surface area (Å²) in [6.45, 7) is 0.759. The van der Waals surface area contributed by atoms with E-state index >= 15 is 0 Å². The third-order valence-corrected chi connectivity index (χ3v) is 6.44. The topological polar surface area (TPSA) is 102 Å². The van der Waals surface area contributed by atoms with Gasteiger partial charge in [-0.3, -0.25) is 9.59 Å². The highest BCUT2D eigenvalue weighted by molar-refractivity contribution is 6.06. The number of furan rings is 1. The number of rotatable bonds is 7. The molecule has 1 unspecified atom stereocenters. The minimum Gasteiger partial charge on any atom is -0.467 e. The number of benzene rings is 2. The molecule has 8 heteroatoms. The highest BCUT2D eigenvalue weighted by Gasteiger charge is 2.29. The van der Waals surface area contributed by atoms with Gasteiger partial charge in [0.25, 0.3) is 5.91 Å². The molecule has 178 valence electrons. The molecule has 4 heterocycles. The normalized spacial score (nSPS) is 14.6. The minimum absolute atomic E-state index is 0.0395. The first-order valence-electron chi connectivity index (χ1n) is 11.8. The molecule has 0 bridgehead atoms. The van der Waals surface area contributed by atoms with E-state index < -0.39 is 0 Å². The first-order valence-corrected chi connectivity index (χ1v) is 11.8. The van der Waals surface area contributed by atoms with Gasteiger partial charge in [0.2, 0.25) is 5.91 Å². The standard InChI is InChI=1S/C28H23N5O3/c34-27(29-13-12-21-20-10-4-5-11-24(20)32-28(21)35)22-15-25(18-7-2-1-3-8-18)31-26-23(22)16-30-33(26)17-19-9-6-14-36-19/h1-11,14-16,21H,12-13,17H2,(H,29,34)(H,32,35). The van der Waals surface area contributed by atoms with E-state index in [1.54, 1.807) is 23.2 Å². The highest BCUT2D eigenvalue weighted by atomic mass is 16.3. The van der Waals surface area contributed by atoms with Crippen molar-refractivity contribution in [3.05, 3.63) is 102 Å². The van der Waals surface area contributed by atoms with Crippen LogP contribution in [0, 0.1) is 0 Å². The zero-order chi connectivity index (χ0) is 24.5. The fourth-order valence-electron chi connectivity index (χ4n) is 4.65. The summed E-state index contributed by atoms with van der Waals surface area (Å²) in [5.41, 5.74) is 4.47. The molecule has 3 aromatic heterocycles. The van der Waals surface area contributed by atoms with Crippen molar-refractivity contribution < 1.29 is 14.0 Å². The van der Waals surface area contributed by atoms with Gasteiger partial charge in [0, 0.05) is 17.8 Å². The Kier molecular flexibility index (Phi) is 5.53. The highest BCUT2D eigenvalue weighted by Crippen LogP contribution is 2.34. The number of hydrogen-bond acceptors (Lipinski definition) is 5. The first-order chi connectivity index (χ1) is 17.7. The van der Waals surface area contributed by atoms with E-state index in [1.807, 2.05) is 66.7 Å². The smallest absolute Gasteiger partial charge is 0.252 e. The van der Waals surface area contributed by atoms with Gasteiger partial charge in [0.15, 0.2) is 5.65 Å². The molecule has 2 N–H and O–H groups in total. The van der Waals surface area contributed by atoms with Gasteiger partial charge in [0.05, 0.1) is 35.0 Å². The zero-order valence-corrected chi connectivity index (χ0v) is 19.3. The van der Waals surface area contributed by atoms with Gasteiger partial charge >= 0.3 is 0 Å². The minimum atomic E-state index is -0.283. The quantitative estimate of drug-likeness (QED) is 0.357. The monoisotopic (exact) mass is 477 g/mol. The van der Waals surface area contributed by atoms with Crippen molar-refractivity contribution in [2.75, 3.05) is 11.9 Å². The first kappa shape index (κ1) is 21.8. The van der Waals surface area contributed by atoms with Crippen LogP contribution in [0.15, 0.2) is 89.7 Å². The Morgan fingerprint density at radius 2 is 1.89 bits per heavy atom. The van der Waals surface area contributed by atoms with Gasteiger partial charge in [-0.05, 0) is 36.2 Å². The predicted octanol–water partition coefficient (Wildman–Crippen LogP) is 4.60. The largest absolute Gasteiger partial charge is 0.467 e. The molecule has 0 saturated heterocycles. The molecule has 1 atom stereocenters. The van der Waals surface area contributed by atoms with Crippen LogP contribution < -0.4 is 10.6 Å². The number of aromatic nitrogens is 3. The van der Waals surface area contributed by atoms with E-state index in [2.05, 4.69) is 15.7 Å². The van der Waals surface area contributed by atoms with Gasteiger partial charge in [-0.2, -0.15) is 5.10 Å². The van der Waals surface area contributed by atoms with Gasteiger partial charge in [-0.1, -0.05) is 48.5 Å². The number of carbonyl (C=O) groups excluding carboxylic acids is 2. The number of pyridine rings is 1. The Balaban J connectivity index is 1.29. The van der Waals surface area contributed by atoms with Crippen LogP contribution >= 0.6 is 0 Å². The van der Waals surface area contributed by atoms with Crippen LogP contribution in [0.2, 0.25) is 0 Å². The molecule has 0 fully saturated rings. The molecule has 1 aliphatic rings. The summed E-state index contributed by atoms with van der Waals surface area (Å²) < 4.78 is 7.22. The van der Waals surface area contributed by atoms with Gasteiger partial charge in [-0.15, -0.1) is 0 Å². The molecule has 0 radical (unpaired) electrons. The molecule has 5 aromatic rings. The molecule has 36 heavy (non-hydrogen) atoms. The van der Waals surface area contributed by atoms with Crippen molar-refractivity contribution in [1.29, 1.82) is 0 Å². The lowest BCUT2D eigenvalue weighted by Gasteiger charge is -2.12.